The third-order valence-electron chi connectivity index (χ3n) is 2.01. The summed E-state index contributed by atoms with van der Waals surface area (Å²) in [5.74, 6) is 0.715. The summed E-state index contributed by atoms with van der Waals surface area (Å²) in [5, 5.41) is 0.220. The van der Waals surface area contributed by atoms with Gasteiger partial charge in [-0.2, -0.15) is 0 Å². The molecule has 0 aliphatic carbocycles. The number of ether oxygens (including phenoxy) is 1. The number of hydrogen-bond donors (Lipinski definition) is 0. The van der Waals surface area contributed by atoms with Gasteiger partial charge in [-0.3, -0.25) is 4.98 Å². The van der Waals surface area contributed by atoms with Crippen molar-refractivity contribution in [2.75, 3.05) is 0 Å². The molecule has 2 heterocycles. The summed E-state index contributed by atoms with van der Waals surface area (Å²) in [5.41, 5.74) is 1.58. The lowest BCUT2D eigenvalue weighted by atomic mass is 10.2. The van der Waals surface area contributed by atoms with Gasteiger partial charge >= 0.3 is 0 Å². The Morgan fingerprint density at radius 1 is 1.29 bits per heavy atom. The molecule has 88 valence electrons. The molecule has 4 nitrogen and oxygen atoms in total. The van der Waals surface area contributed by atoms with Crippen LogP contribution in [0.1, 0.15) is 13.8 Å². The Kier molecular flexibility index (Phi) is 3.54. The molecule has 0 amide bonds. The van der Waals surface area contributed by atoms with Gasteiger partial charge in [-0.15, -0.1) is 0 Å². The number of rotatable bonds is 3. The van der Waals surface area contributed by atoms with E-state index in [1.54, 1.807) is 24.7 Å². The summed E-state index contributed by atoms with van der Waals surface area (Å²) >= 11 is 5.74. The predicted molar refractivity (Wildman–Crippen MR) is 66.0 cm³/mol. The zero-order valence-corrected chi connectivity index (χ0v) is 10.3. The highest BCUT2D eigenvalue weighted by atomic mass is 35.5. The van der Waals surface area contributed by atoms with Crippen LogP contribution in [0.15, 0.2) is 30.7 Å². The molecule has 0 atom stereocenters. The molecule has 2 aromatic heterocycles. The summed E-state index contributed by atoms with van der Waals surface area (Å²) in [6.07, 6.45) is 5.11. The van der Waals surface area contributed by atoms with E-state index in [-0.39, 0.29) is 11.4 Å². The fourth-order valence-corrected chi connectivity index (χ4v) is 1.54. The van der Waals surface area contributed by atoms with E-state index in [1.165, 1.54) is 0 Å². The Labute approximate surface area is 105 Å². The van der Waals surface area contributed by atoms with Crippen LogP contribution in [0, 0.1) is 0 Å². The van der Waals surface area contributed by atoms with E-state index in [0.29, 0.717) is 5.75 Å². The summed E-state index contributed by atoms with van der Waals surface area (Å²) in [4.78, 5) is 12.1. The molecule has 2 aromatic rings. The van der Waals surface area contributed by atoms with Gasteiger partial charge < -0.3 is 4.74 Å². The van der Waals surface area contributed by atoms with E-state index >= 15 is 0 Å². The van der Waals surface area contributed by atoms with E-state index in [0.717, 1.165) is 11.3 Å². The molecular weight excluding hydrogens is 238 g/mol. The van der Waals surface area contributed by atoms with Crippen molar-refractivity contribution in [2.45, 2.75) is 20.0 Å². The standard InChI is InChI=1S/C12H12ClN3O/c1-8(2)17-10-5-9(6-14-7-10)11-3-4-15-12(13)16-11/h3-8H,1-2H3. The van der Waals surface area contributed by atoms with Gasteiger partial charge in [-0.05, 0) is 37.6 Å². The maximum atomic E-state index is 5.74. The quantitative estimate of drug-likeness (QED) is 0.785. The Morgan fingerprint density at radius 3 is 2.82 bits per heavy atom. The number of aromatic nitrogens is 3. The predicted octanol–water partition coefficient (Wildman–Crippen LogP) is 2.98. The molecule has 0 bridgehead atoms. The van der Waals surface area contributed by atoms with Crippen molar-refractivity contribution in [2.24, 2.45) is 0 Å². The minimum atomic E-state index is 0.112. The average Bonchev–Trinajstić information content (AvgIpc) is 2.28. The molecule has 2 rings (SSSR count). The summed E-state index contributed by atoms with van der Waals surface area (Å²) < 4.78 is 5.57. The summed E-state index contributed by atoms with van der Waals surface area (Å²) in [7, 11) is 0. The molecule has 0 aromatic carbocycles. The first-order chi connectivity index (χ1) is 8.15. The van der Waals surface area contributed by atoms with Gasteiger partial charge in [0.05, 0.1) is 18.0 Å². The molecule has 0 spiro atoms. The van der Waals surface area contributed by atoms with Crippen LogP contribution >= 0.6 is 11.6 Å². The number of halogens is 1. The SMILES string of the molecule is CC(C)Oc1cncc(-c2ccnc(Cl)n2)c1. The Bertz CT molecular complexity index is 517. The third kappa shape index (κ3) is 3.14. The van der Waals surface area contributed by atoms with E-state index < -0.39 is 0 Å². The van der Waals surface area contributed by atoms with Crippen molar-refractivity contribution < 1.29 is 4.74 Å². The van der Waals surface area contributed by atoms with Crippen LogP contribution in [-0.4, -0.2) is 21.1 Å². The van der Waals surface area contributed by atoms with Crippen molar-refractivity contribution in [1.29, 1.82) is 0 Å². The maximum absolute atomic E-state index is 5.74. The highest BCUT2D eigenvalue weighted by Crippen LogP contribution is 2.21. The first-order valence-electron chi connectivity index (χ1n) is 5.26. The number of pyridine rings is 1. The zero-order chi connectivity index (χ0) is 12.3. The molecular formula is C12H12ClN3O. The summed E-state index contributed by atoms with van der Waals surface area (Å²) in [6, 6.07) is 3.66. The molecule has 17 heavy (non-hydrogen) atoms. The van der Waals surface area contributed by atoms with Gasteiger partial charge in [-0.1, -0.05) is 0 Å². The van der Waals surface area contributed by atoms with Gasteiger partial charge in [0, 0.05) is 18.0 Å². The van der Waals surface area contributed by atoms with Crippen molar-refractivity contribution in [3.05, 3.63) is 36.0 Å². The lowest BCUT2D eigenvalue weighted by Gasteiger charge is -2.10. The van der Waals surface area contributed by atoms with Gasteiger partial charge in [-0.25, -0.2) is 9.97 Å². The molecule has 0 saturated carbocycles. The van der Waals surface area contributed by atoms with Crippen molar-refractivity contribution in [3.8, 4) is 17.0 Å². The Hall–Kier alpha value is -1.68. The van der Waals surface area contributed by atoms with Crippen LogP contribution in [-0.2, 0) is 0 Å². The number of nitrogens with zero attached hydrogens (tertiary/aromatic N) is 3. The lowest BCUT2D eigenvalue weighted by molar-refractivity contribution is 0.241. The maximum Gasteiger partial charge on any atom is 0.222 e. The van der Waals surface area contributed by atoms with Crippen molar-refractivity contribution >= 4 is 11.6 Å². The fraction of sp³-hybridized carbons (Fsp3) is 0.250. The fourth-order valence-electron chi connectivity index (χ4n) is 1.39. The van der Waals surface area contributed by atoms with Crippen LogP contribution < -0.4 is 4.74 Å². The molecule has 5 heteroatoms. The minimum Gasteiger partial charge on any atom is -0.489 e. The molecule has 0 saturated heterocycles. The topological polar surface area (TPSA) is 47.9 Å². The lowest BCUT2D eigenvalue weighted by Crippen LogP contribution is -2.05. The van der Waals surface area contributed by atoms with Gasteiger partial charge in [0.2, 0.25) is 5.28 Å². The first-order valence-corrected chi connectivity index (χ1v) is 5.63. The molecule has 0 radical (unpaired) electrons. The minimum absolute atomic E-state index is 0.112. The van der Waals surface area contributed by atoms with Gasteiger partial charge in [0.1, 0.15) is 5.75 Å². The number of hydrogen-bond acceptors (Lipinski definition) is 4. The largest absolute Gasteiger partial charge is 0.489 e. The Morgan fingerprint density at radius 2 is 2.12 bits per heavy atom. The van der Waals surface area contributed by atoms with Crippen molar-refractivity contribution in [1.82, 2.24) is 15.0 Å². The average molecular weight is 250 g/mol. The normalized spacial score (nSPS) is 10.6. The smallest absolute Gasteiger partial charge is 0.222 e. The second kappa shape index (κ2) is 5.10. The highest BCUT2D eigenvalue weighted by Gasteiger charge is 2.04. The molecule has 0 aliphatic heterocycles. The first kappa shape index (κ1) is 11.8. The van der Waals surface area contributed by atoms with E-state index in [4.69, 9.17) is 16.3 Å². The van der Waals surface area contributed by atoms with Gasteiger partial charge in [0.25, 0.3) is 0 Å². The monoisotopic (exact) mass is 249 g/mol. The van der Waals surface area contributed by atoms with Crippen LogP contribution in [0.3, 0.4) is 0 Å². The molecule has 0 aliphatic rings. The third-order valence-corrected chi connectivity index (χ3v) is 2.19. The summed E-state index contributed by atoms with van der Waals surface area (Å²) in [6.45, 7) is 3.93. The zero-order valence-electron chi connectivity index (χ0n) is 9.59. The van der Waals surface area contributed by atoms with Crippen LogP contribution in [0.25, 0.3) is 11.3 Å². The Balaban J connectivity index is 2.33. The second-order valence-corrected chi connectivity index (χ2v) is 4.12. The van der Waals surface area contributed by atoms with Crippen LogP contribution in [0.4, 0.5) is 0 Å². The highest BCUT2D eigenvalue weighted by molar-refractivity contribution is 6.28. The second-order valence-electron chi connectivity index (χ2n) is 3.79. The van der Waals surface area contributed by atoms with Crippen molar-refractivity contribution in [3.63, 3.8) is 0 Å². The van der Waals surface area contributed by atoms with Crippen LogP contribution in [0.2, 0.25) is 5.28 Å². The van der Waals surface area contributed by atoms with Crippen LogP contribution in [0.5, 0.6) is 5.75 Å². The van der Waals surface area contributed by atoms with E-state index in [9.17, 15) is 0 Å². The molecule has 0 unspecified atom stereocenters. The molecule has 0 N–H and O–H groups in total. The van der Waals surface area contributed by atoms with Gasteiger partial charge in [0.15, 0.2) is 0 Å². The van der Waals surface area contributed by atoms with E-state index in [2.05, 4.69) is 15.0 Å². The molecule has 0 fully saturated rings. The van der Waals surface area contributed by atoms with E-state index in [1.807, 2.05) is 19.9 Å².